The standard InChI is InChI=1S/C11H16N2/c1-8-4-2-3-5-9(8)10(12)11(13)6-7-11/h2-5,10H,6-7,12-13H2,1H3. The third kappa shape index (κ3) is 1.47. The molecule has 1 fully saturated rings. The number of aryl methyl sites for hydroxylation is 1. The van der Waals surface area contributed by atoms with Gasteiger partial charge in [-0.25, -0.2) is 0 Å². The summed E-state index contributed by atoms with van der Waals surface area (Å²) in [6, 6.07) is 8.22. The molecule has 1 saturated carbocycles. The summed E-state index contributed by atoms with van der Waals surface area (Å²) in [6.45, 7) is 2.08. The van der Waals surface area contributed by atoms with Gasteiger partial charge in [-0.15, -0.1) is 0 Å². The zero-order chi connectivity index (χ0) is 9.47. The second-order valence-corrected chi connectivity index (χ2v) is 4.07. The van der Waals surface area contributed by atoms with Crippen LogP contribution >= 0.6 is 0 Å². The van der Waals surface area contributed by atoms with E-state index in [0.717, 1.165) is 12.8 Å². The van der Waals surface area contributed by atoms with Crippen LogP contribution < -0.4 is 11.5 Å². The van der Waals surface area contributed by atoms with Gasteiger partial charge in [0.2, 0.25) is 0 Å². The number of hydrogen-bond acceptors (Lipinski definition) is 2. The molecule has 1 unspecified atom stereocenters. The lowest BCUT2D eigenvalue weighted by molar-refractivity contribution is 0.534. The molecule has 1 aromatic carbocycles. The average Bonchev–Trinajstić information content (AvgIpc) is 2.85. The molecule has 13 heavy (non-hydrogen) atoms. The molecular formula is C11H16N2. The molecule has 2 rings (SSSR count). The minimum Gasteiger partial charge on any atom is -0.323 e. The van der Waals surface area contributed by atoms with Crippen molar-refractivity contribution in [2.75, 3.05) is 0 Å². The van der Waals surface area contributed by atoms with Crippen molar-refractivity contribution in [1.82, 2.24) is 0 Å². The molecule has 0 aliphatic heterocycles. The first-order chi connectivity index (χ1) is 6.13. The second-order valence-electron chi connectivity index (χ2n) is 4.07. The Bertz CT molecular complexity index is 316. The van der Waals surface area contributed by atoms with E-state index in [1.807, 2.05) is 12.1 Å². The third-order valence-electron chi connectivity index (χ3n) is 2.97. The summed E-state index contributed by atoms with van der Waals surface area (Å²) in [5.41, 5.74) is 14.5. The highest BCUT2D eigenvalue weighted by Crippen LogP contribution is 2.42. The molecule has 0 aromatic heterocycles. The quantitative estimate of drug-likeness (QED) is 0.717. The highest BCUT2D eigenvalue weighted by atomic mass is 14.9. The third-order valence-corrected chi connectivity index (χ3v) is 2.97. The Hall–Kier alpha value is -0.860. The van der Waals surface area contributed by atoms with Crippen molar-refractivity contribution in [2.45, 2.75) is 31.3 Å². The molecule has 0 heterocycles. The van der Waals surface area contributed by atoms with E-state index in [0.29, 0.717) is 0 Å². The Kier molecular flexibility index (Phi) is 1.90. The smallest absolute Gasteiger partial charge is 0.0480 e. The predicted molar refractivity (Wildman–Crippen MR) is 54.3 cm³/mol. The van der Waals surface area contributed by atoms with Gasteiger partial charge >= 0.3 is 0 Å². The molecule has 1 aromatic rings. The van der Waals surface area contributed by atoms with Crippen LogP contribution in [0.5, 0.6) is 0 Å². The molecule has 70 valence electrons. The molecule has 2 nitrogen and oxygen atoms in total. The average molecular weight is 176 g/mol. The molecule has 0 saturated heterocycles. The molecule has 0 spiro atoms. The largest absolute Gasteiger partial charge is 0.323 e. The van der Waals surface area contributed by atoms with Gasteiger partial charge in [0.25, 0.3) is 0 Å². The molecule has 1 aliphatic rings. The van der Waals surface area contributed by atoms with Crippen molar-refractivity contribution in [3.8, 4) is 0 Å². The predicted octanol–water partition coefficient (Wildman–Crippen LogP) is 1.49. The first-order valence-corrected chi connectivity index (χ1v) is 4.73. The van der Waals surface area contributed by atoms with E-state index < -0.39 is 0 Å². The fourth-order valence-electron chi connectivity index (χ4n) is 1.70. The van der Waals surface area contributed by atoms with Crippen LogP contribution in [0.25, 0.3) is 0 Å². The van der Waals surface area contributed by atoms with Crippen LogP contribution in [0.15, 0.2) is 24.3 Å². The molecule has 1 aliphatic carbocycles. The number of benzene rings is 1. The zero-order valence-corrected chi connectivity index (χ0v) is 7.96. The van der Waals surface area contributed by atoms with E-state index >= 15 is 0 Å². The van der Waals surface area contributed by atoms with Gasteiger partial charge in [0, 0.05) is 11.6 Å². The van der Waals surface area contributed by atoms with Crippen molar-refractivity contribution in [3.05, 3.63) is 35.4 Å². The van der Waals surface area contributed by atoms with Crippen LogP contribution in [0.3, 0.4) is 0 Å². The zero-order valence-electron chi connectivity index (χ0n) is 7.96. The topological polar surface area (TPSA) is 52.0 Å². The van der Waals surface area contributed by atoms with Crippen LogP contribution in [0.1, 0.15) is 30.0 Å². The highest BCUT2D eigenvalue weighted by Gasteiger charge is 2.44. The second kappa shape index (κ2) is 2.82. The van der Waals surface area contributed by atoms with Crippen molar-refractivity contribution < 1.29 is 0 Å². The Morgan fingerprint density at radius 2 is 1.92 bits per heavy atom. The van der Waals surface area contributed by atoms with E-state index in [1.165, 1.54) is 11.1 Å². The van der Waals surface area contributed by atoms with Crippen LogP contribution in [0, 0.1) is 6.92 Å². The van der Waals surface area contributed by atoms with Gasteiger partial charge in [-0.05, 0) is 30.9 Å². The number of hydrogen-bond donors (Lipinski definition) is 2. The summed E-state index contributed by atoms with van der Waals surface area (Å²) in [5.74, 6) is 0. The molecule has 4 N–H and O–H groups in total. The van der Waals surface area contributed by atoms with Gasteiger partial charge in [0.15, 0.2) is 0 Å². The van der Waals surface area contributed by atoms with E-state index in [1.54, 1.807) is 0 Å². The van der Waals surface area contributed by atoms with Gasteiger partial charge in [-0.1, -0.05) is 24.3 Å². The Labute approximate surface area is 78.9 Å². The van der Waals surface area contributed by atoms with Crippen molar-refractivity contribution in [1.29, 1.82) is 0 Å². The SMILES string of the molecule is Cc1ccccc1C(N)C1(N)CC1. The Morgan fingerprint density at radius 1 is 1.31 bits per heavy atom. The molecule has 0 amide bonds. The van der Waals surface area contributed by atoms with Crippen molar-refractivity contribution in [3.63, 3.8) is 0 Å². The highest BCUT2D eigenvalue weighted by molar-refractivity contribution is 5.32. The van der Waals surface area contributed by atoms with E-state index in [9.17, 15) is 0 Å². The number of nitrogens with two attached hydrogens (primary N) is 2. The van der Waals surface area contributed by atoms with Crippen molar-refractivity contribution in [2.24, 2.45) is 11.5 Å². The summed E-state index contributed by atoms with van der Waals surface area (Å²) < 4.78 is 0. The summed E-state index contributed by atoms with van der Waals surface area (Å²) in [5, 5.41) is 0. The summed E-state index contributed by atoms with van der Waals surface area (Å²) >= 11 is 0. The fraction of sp³-hybridized carbons (Fsp3) is 0.455. The minimum atomic E-state index is -0.119. The normalized spacial score (nSPS) is 21.2. The van der Waals surface area contributed by atoms with E-state index in [-0.39, 0.29) is 11.6 Å². The lowest BCUT2D eigenvalue weighted by Crippen LogP contribution is -2.36. The maximum atomic E-state index is 6.11. The van der Waals surface area contributed by atoms with Gasteiger partial charge < -0.3 is 11.5 Å². The number of rotatable bonds is 2. The van der Waals surface area contributed by atoms with Gasteiger partial charge in [0.1, 0.15) is 0 Å². The first-order valence-electron chi connectivity index (χ1n) is 4.73. The minimum absolute atomic E-state index is 0.00806. The molecule has 1 atom stereocenters. The Morgan fingerprint density at radius 3 is 2.46 bits per heavy atom. The van der Waals surface area contributed by atoms with Gasteiger partial charge in [-0.2, -0.15) is 0 Å². The fourth-order valence-corrected chi connectivity index (χ4v) is 1.70. The maximum absolute atomic E-state index is 6.11. The summed E-state index contributed by atoms with van der Waals surface area (Å²) in [6.07, 6.45) is 2.12. The molecule has 0 bridgehead atoms. The monoisotopic (exact) mass is 176 g/mol. The first kappa shape index (κ1) is 8.73. The van der Waals surface area contributed by atoms with Gasteiger partial charge in [0.05, 0.1) is 0 Å². The van der Waals surface area contributed by atoms with E-state index in [2.05, 4.69) is 19.1 Å². The van der Waals surface area contributed by atoms with Gasteiger partial charge in [-0.3, -0.25) is 0 Å². The molecular weight excluding hydrogens is 160 g/mol. The van der Waals surface area contributed by atoms with Crippen LogP contribution in [-0.2, 0) is 0 Å². The van der Waals surface area contributed by atoms with Crippen LogP contribution in [-0.4, -0.2) is 5.54 Å². The van der Waals surface area contributed by atoms with Crippen molar-refractivity contribution >= 4 is 0 Å². The van der Waals surface area contributed by atoms with Crippen LogP contribution in [0.4, 0.5) is 0 Å². The summed E-state index contributed by atoms with van der Waals surface area (Å²) in [4.78, 5) is 0. The lowest BCUT2D eigenvalue weighted by Gasteiger charge is -2.20. The summed E-state index contributed by atoms with van der Waals surface area (Å²) in [7, 11) is 0. The molecule has 2 heteroatoms. The Balaban J connectivity index is 2.30. The lowest BCUT2D eigenvalue weighted by atomic mass is 9.95. The van der Waals surface area contributed by atoms with Crippen LogP contribution in [0.2, 0.25) is 0 Å². The maximum Gasteiger partial charge on any atom is 0.0480 e. The molecule has 0 radical (unpaired) electrons. The van der Waals surface area contributed by atoms with E-state index in [4.69, 9.17) is 11.5 Å².